The average molecular weight is 416 g/mol. The second kappa shape index (κ2) is 9.75. The van der Waals surface area contributed by atoms with Crippen LogP contribution in [0.5, 0.6) is 0 Å². The van der Waals surface area contributed by atoms with Crippen LogP contribution in [0.4, 0.5) is 5.82 Å². The zero-order chi connectivity index (χ0) is 20.9. The molecule has 2 aromatic heterocycles. The van der Waals surface area contributed by atoms with Gasteiger partial charge >= 0.3 is 0 Å². The van der Waals surface area contributed by atoms with E-state index < -0.39 is 0 Å². The Bertz CT molecular complexity index is 968. The first-order valence-electron chi connectivity index (χ1n) is 11.8. The predicted molar refractivity (Wildman–Crippen MR) is 128 cm³/mol. The second-order valence-corrected chi connectivity index (χ2v) is 9.05. The largest absolute Gasteiger partial charge is 0.354 e. The van der Waals surface area contributed by atoms with Crippen LogP contribution in [0.1, 0.15) is 18.4 Å². The third-order valence-electron chi connectivity index (χ3n) is 6.82. The zero-order valence-corrected chi connectivity index (χ0v) is 18.4. The fraction of sp³-hybridized carbons (Fsp3) is 0.462. The first-order valence-corrected chi connectivity index (χ1v) is 11.8. The molecule has 1 aromatic carbocycles. The Kier molecular flexibility index (Phi) is 6.42. The van der Waals surface area contributed by atoms with Gasteiger partial charge in [0, 0.05) is 57.4 Å². The van der Waals surface area contributed by atoms with Gasteiger partial charge in [0.15, 0.2) is 5.65 Å². The number of benzene rings is 1. The average Bonchev–Trinajstić information content (AvgIpc) is 2.84. The van der Waals surface area contributed by atoms with Gasteiger partial charge in [-0.15, -0.1) is 0 Å². The number of anilines is 1. The molecule has 4 heterocycles. The molecule has 0 N–H and O–H groups in total. The molecule has 1 atom stereocenters. The summed E-state index contributed by atoms with van der Waals surface area (Å²) < 4.78 is 0. The van der Waals surface area contributed by atoms with E-state index in [2.05, 4.69) is 68.2 Å². The van der Waals surface area contributed by atoms with E-state index in [-0.39, 0.29) is 0 Å². The van der Waals surface area contributed by atoms with E-state index in [0.29, 0.717) is 0 Å². The minimum atomic E-state index is 0.805. The molecule has 3 aromatic rings. The van der Waals surface area contributed by atoms with Crippen LogP contribution in [-0.4, -0.2) is 72.1 Å². The SMILES string of the molecule is c1ccc(CCN2CCC[C@@H](CN3CCN(c4ccc5cccnc5n4)CC3)C2)cc1. The molecule has 5 rings (SSSR count). The van der Waals surface area contributed by atoms with Gasteiger partial charge in [-0.1, -0.05) is 30.3 Å². The van der Waals surface area contributed by atoms with Crippen molar-refractivity contribution < 1.29 is 0 Å². The summed E-state index contributed by atoms with van der Waals surface area (Å²) in [6.07, 6.45) is 5.71. The highest BCUT2D eigenvalue weighted by molar-refractivity contribution is 5.76. The summed E-state index contributed by atoms with van der Waals surface area (Å²) in [5.74, 6) is 1.87. The summed E-state index contributed by atoms with van der Waals surface area (Å²) >= 11 is 0. The monoisotopic (exact) mass is 415 g/mol. The van der Waals surface area contributed by atoms with Crippen molar-refractivity contribution in [1.29, 1.82) is 0 Å². The molecule has 0 spiro atoms. The zero-order valence-electron chi connectivity index (χ0n) is 18.4. The third-order valence-corrected chi connectivity index (χ3v) is 6.82. The van der Waals surface area contributed by atoms with Gasteiger partial charge in [-0.25, -0.2) is 9.97 Å². The van der Waals surface area contributed by atoms with Crippen molar-refractivity contribution in [3.05, 3.63) is 66.4 Å². The van der Waals surface area contributed by atoms with E-state index in [9.17, 15) is 0 Å². The maximum atomic E-state index is 4.78. The number of rotatable bonds is 6. The van der Waals surface area contributed by atoms with Gasteiger partial charge in [-0.2, -0.15) is 0 Å². The molecule has 5 heteroatoms. The van der Waals surface area contributed by atoms with Crippen molar-refractivity contribution in [1.82, 2.24) is 19.8 Å². The highest BCUT2D eigenvalue weighted by Crippen LogP contribution is 2.21. The van der Waals surface area contributed by atoms with Crippen molar-refractivity contribution >= 4 is 16.9 Å². The lowest BCUT2D eigenvalue weighted by molar-refractivity contribution is 0.130. The van der Waals surface area contributed by atoms with Gasteiger partial charge in [-0.05, 0) is 61.6 Å². The Morgan fingerprint density at radius 3 is 2.58 bits per heavy atom. The molecule has 0 amide bonds. The van der Waals surface area contributed by atoms with E-state index >= 15 is 0 Å². The molecule has 5 nitrogen and oxygen atoms in total. The van der Waals surface area contributed by atoms with Crippen molar-refractivity contribution in [2.24, 2.45) is 5.92 Å². The molecule has 0 bridgehead atoms. The van der Waals surface area contributed by atoms with E-state index in [4.69, 9.17) is 4.98 Å². The molecule has 2 aliphatic heterocycles. The summed E-state index contributed by atoms with van der Waals surface area (Å²) in [6.45, 7) is 9.30. The summed E-state index contributed by atoms with van der Waals surface area (Å²) in [6, 6.07) is 19.2. The summed E-state index contributed by atoms with van der Waals surface area (Å²) in [5.41, 5.74) is 2.30. The van der Waals surface area contributed by atoms with Crippen LogP contribution in [0.3, 0.4) is 0 Å². The van der Waals surface area contributed by atoms with Gasteiger partial charge in [-0.3, -0.25) is 4.90 Å². The van der Waals surface area contributed by atoms with Crippen LogP contribution in [-0.2, 0) is 6.42 Å². The third kappa shape index (κ3) is 5.23. The van der Waals surface area contributed by atoms with Crippen LogP contribution in [0.15, 0.2) is 60.8 Å². The van der Waals surface area contributed by atoms with Crippen LogP contribution < -0.4 is 4.90 Å². The first-order chi connectivity index (χ1) is 15.3. The first kappa shape index (κ1) is 20.4. The highest BCUT2D eigenvalue weighted by atomic mass is 15.3. The number of likely N-dealkylation sites (tertiary alicyclic amines) is 1. The van der Waals surface area contributed by atoms with Gasteiger partial charge < -0.3 is 9.80 Å². The minimum Gasteiger partial charge on any atom is -0.354 e. The molecule has 0 aliphatic carbocycles. The number of hydrogen-bond donors (Lipinski definition) is 0. The van der Waals surface area contributed by atoms with E-state index in [1.165, 1.54) is 51.0 Å². The van der Waals surface area contributed by atoms with Crippen molar-refractivity contribution in [3.8, 4) is 0 Å². The maximum Gasteiger partial charge on any atom is 0.161 e. The fourth-order valence-electron chi connectivity index (χ4n) is 5.08. The number of hydrogen-bond acceptors (Lipinski definition) is 5. The normalized spacial score (nSPS) is 20.9. The molecule has 2 saturated heterocycles. The van der Waals surface area contributed by atoms with Crippen LogP contribution in [0.2, 0.25) is 0 Å². The Balaban J connectivity index is 1.10. The lowest BCUT2D eigenvalue weighted by Gasteiger charge is -2.39. The minimum absolute atomic E-state index is 0.805. The molecule has 162 valence electrons. The lowest BCUT2D eigenvalue weighted by Crippen LogP contribution is -2.50. The number of fused-ring (bicyclic) bond motifs is 1. The van der Waals surface area contributed by atoms with Crippen LogP contribution in [0, 0.1) is 5.92 Å². The summed E-state index contributed by atoms with van der Waals surface area (Å²) in [4.78, 5) is 17.0. The summed E-state index contributed by atoms with van der Waals surface area (Å²) in [7, 11) is 0. The Morgan fingerprint density at radius 2 is 1.71 bits per heavy atom. The number of pyridine rings is 2. The van der Waals surface area contributed by atoms with Gasteiger partial charge in [0.25, 0.3) is 0 Å². The smallest absolute Gasteiger partial charge is 0.161 e. The molecule has 2 aliphatic rings. The number of aromatic nitrogens is 2. The maximum absolute atomic E-state index is 4.78. The molecular weight excluding hydrogens is 382 g/mol. The van der Waals surface area contributed by atoms with Crippen LogP contribution in [0.25, 0.3) is 11.0 Å². The van der Waals surface area contributed by atoms with E-state index in [1.54, 1.807) is 0 Å². The van der Waals surface area contributed by atoms with Gasteiger partial charge in [0.2, 0.25) is 0 Å². The molecule has 0 unspecified atom stereocenters. The van der Waals surface area contributed by atoms with Crippen molar-refractivity contribution in [2.75, 3.05) is 57.3 Å². The highest BCUT2D eigenvalue weighted by Gasteiger charge is 2.24. The number of piperidine rings is 1. The van der Waals surface area contributed by atoms with Gasteiger partial charge in [0.1, 0.15) is 5.82 Å². The predicted octanol–water partition coefficient (Wildman–Crippen LogP) is 3.71. The molecular formula is C26H33N5. The van der Waals surface area contributed by atoms with Crippen LogP contribution >= 0.6 is 0 Å². The molecule has 31 heavy (non-hydrogen) atoms. The number of nitrogens with zero attached hydrogens (tertiary/aromatic N) is 5. The molecule has 0 radical (unpaired) electrons. The lowest BCUT2D eigenvalue weighted by atomic mass is 9.96. The Morgan fingerprint density at radius 1 is 0.839 bits per heavy atom. The van der Waals surface area contributed by atoms with E-state index in [0.717, 1.165) is 48.9 Å². The van der Waals surface area contributed by atoms with Crippen molar-refractivity contribution in [3.63, 3.8) is 0 Å². The van der Waals surface area contributed by atoms with Crippen molar-refractivity contribution in [2.45, 2.75) is 19.3 Å². The quantitative estimate of drug-likeness (QED) is 0.613. The van der Waals surface area contributed by atoms with E-state index in [1.807, 2.05) is 12.3 Å². The fourth-order valence-corrected chi connectivity index (χ4v) is 5.08. The Hall–Kier alpha value is -2.50. The number of piperazine rings is 1. The van der Waals surface area contributed by atoms with Gasteiger partial charge in [0.05, 0.1) is 0 Å². The molecule has 2 fully saturated rings. The molecule has 0 saturated carbocycles. The standard InChI is InChI=1S/C26H33N5/c1-2-6-22(7-3-1)12-15-29-14-5-8-23(20-29)21-30-16-18-31(19-17-30)25-11-10-24-9-4-13-27-26(24)28-25/h1-4,6-7,9-11,13,23H,5,8,12,14-21H2/t23-/m1/s1. The Labute approximate surface area is 185 Å². The second-order valence-electron chi connectivity index (χ2n) is 9.05. The topological polar surface area (TPSA) is 35.5 Å². The summed E-state index contributed by atoms with van der Waals surface area (Å²) in [5, 5.41) is 1.11.